The third kappa shape index (κ3) is 7.29. The average Bonchev–Trinajstić information content (AvgIpc) is 2.82. The number of halogens is 1. The zero-order valence-corrected chi connectivity index (χ0v) is 18.5. The van der Waals surface area contributed by atoms with Crippen LogP contribution in [0.3, 0.4) is 0 Å². The van der Waals surface area contributed by atoms with Gasteiger partial charge in [0, 0.05) is 16.8 Å². The third-order valence-electron chi connectivity index (χ3n) is 4.63. The molecule has 6 heteroatoms. The fourth-order valence-electron chi connectivity index (χ4n) is 2.91. The lowest BCUT2D eigenvalue weighted by Gasteiger charge is -2.09. The van der Waals surface area contributed by atoms with E-state index in [4.69, 9.17) is 21.1 Å². The summed E-state index contributed by atoms with van der Waals surface area (Å²) in [5.41, 5.74) is 3.57. The number of benzene rings is 3. The molecule has 0 radical (unpaired) electrons. The van der Waals surface area contributed by atoms with Crippen molar-refractivity contribution in [2.75, 3.05) is 11.9 Å². The van der Waals surface area contributed by atoms with E-state index in [0.717, 1.165) is 28.8 Å². The smallest absolute Gasteiger partial charge is 0.331 e. The predicted molar refractivity (Wildman–Crippen MR) is 127 cm³/mol. The van der Waals surface area contributed by atoms with Gasteiger partial charge in [-0.1, -0.05) is 61.0 Å². The lowest BCUT2D eigenvalue weighted by Crippen LogP contribution is -2.20. The van der Waals surface area contributed by atoms with Gasteiger partial charge >= 0.3 is 5.97 Å². The summed E-state index contributed by atoms with van der Waals surface area (Å²) in [5.74, 6) is -0.259. The number of rotatable bonds is 9. The first-order chi connectivity index (χ1) is 15.5. The van der Waals surface area contributed by atoms with Crippen molar-refractivity contribution in [2.24, 2.45) is 0 Å². The van der Waals surface area contributed by atoms with Gasteiger partial charge < -0.3 is 14.8 Å². The van der Waals surface area contributed by atoms with Crippen molar-refractivity contribution in [3.63, 3.8) is 0 Å². The van der Waals surface area contributed by atoms with Crippen molar-refractivity contribution in [1.29, 1.82) is 0 Å². The quantitative estimate of drug-likeness (QED) is 0.337. The van der Waals surface area contributed by atoms with Crippen LogP contribution in [0.25, 0.3) is 6.08 Å². The van der Waals surface area contributed by atoms with E-state index in [2.05, 4.69) is 5.32 Å². The molecule has 5 nitrogen and oxygen atoms in total. The number of hydrogen-bond acceptors (Lipinski definition) is 4. The maximum atomic E-state index is 12.0. The number of esters is 1. The Morgan fingerprint density at radius 1 is 0.969 bits per heavy atom. The van der Waals surface area contributed by atoms with Gasteiger partial charge in [0.25, 0.3) is 5.91 Å². The van der Waals surface area contributed by atoms with Crippen molar-refractivity contribution < 1.29 is 19.1 Å². The van der Waals surface area contributed by atoms with Gasteiger partial charge in [0.1, 0.15) is 12.4 Å². The summed E-state index contributed by atoms with van der Waals surface area (Å²) in [4.78, 5) is 24.0. The van der Waals surface area contributed by atoms with Crippen LogP contribution in [-0.4, -0.2) is 18.5 Å². The zero-order valence-electron chi connectivity index (χ0n) is 17.7. The molecule has 0 saturated heterocycles. The summed E-state index contributed by atoms with van der Waals surface area (Å²) in [7, 11) is 0. The molecule has 0 fully saturated rings. The summed E-state index contributed by atoms with van der Waals surface area (Å²) in [6.45, 7) is 2.09. The highest BCUT2D eigenvalue weighted by atomic mass is 35.5. The highest BCUT2D eigenvalue weighted by Gasteiger charge is 2.08. The molecule has 3 aromatic carbocycles. The predicted octanol–water partition coefficient (Wildman–Crippen LogP) is 5.68. The first-order valence-corrected chi connectivity index (χ1v) is 10.6. The molecule has 0 aliphatic carbocycles. The van der Waals surface area contributed by atoms with Gasteiger partial charge in [0.05, 0.1) is 0 Å². The van der Waals surface area contributed by atoms with Gasteiger partial charge in [-0.2, -0.15) is 0 Å². The van der Waals surface area contributed by atoms with Gasteiger partial charge in [0.15, 0.2) is 6.61 Å². The Kier molecular flexibility index (Phi) is 8.46. The third-order valence-corrected chi connectivity index (χ3v) is 4.88. The van der Waals surface area contributed by atoms with E-state index in [9.17, 15) is 9.59 Å². The minimum Gasteiger partial charge on any atom is -0.489 e. The number of para-hydroxylation sites is 1. The van der Waals surface area contributed by atoms with E-state index < -0.39 is 5.97 Å². The summed E-state index contributed by atoms with van der Waals surface area (Å²) >= 11 is 5.88. The first-order valence-electron chi connectivity index (χ1n) is 10.2. The van der Waals surface area contributed by atoms with Crippen molar-refractivity contribution in [1.82, 2.24) is 0 Å². The van der Waals surface area contributed by atoms with Crippen LogP contribution in [0.15, 0.2) is 78.9 Å². The number of hydrogen-bond donors (Lipinski definition) is 1. The van der Waals surface area contributed by atoms with Gasteiger partial charge in [-0.15, -0.1) is 0 Å². The van der Waals surface area contributed by atoms with Gasteiger partial charge in [0.2, 0.25) is 0 Å². The topological polar surface area (TPSA) is 64.6 Å². The Morgan fingerprint density at radius 3 is 2.41 bits per heavy atom. The van der Waals surface area contributed by atoms with E-state index in [1.165, 1.54) is 6.08 Å². The Hall–Kier alpha value is -3.57. The molecule has 1 amide bonds. The second-order valence-electron chi connectivity index (χ2n) is 6.98. The number of carbonyl (C=O) groups is 2. The minimum atomic E-state index is -0.591. The van der Waals surface area contributed by atoms with E-state index >= 15 is 0 Å². The Morgan fingerprint density at radius 2 is 1.69 bits per heavy atom. The van der Waals surface area contributed by atoms with Crippen LogP contribution in [-0.2, 0) is 27.4 Å². The van der Waals surface area contributed by atoms with Crippen molar-refractivity contribution in [3.8, 4) is 5.75 Å². The van der Waals surface area contributed by atoms with Crippen molar-refractivity contribution in [2.45, 2.75) is 20.0 Å². The van der Waals surface area contributed by atoms with Crippen LogP contribution in [0, 0.1) is 0 Å². The Labute approximate surface area is 192 Å². The SMILES string of the molecule is CCc1ccccc1NC(=O)COC(=O)/C=C/c1ccc(OCc2ccc(Cl)cc2)cc1. The lowest BCUT2D eigenvalue weighted by atomic mass is 10.1. The van der Waals surface area contributed by atoms with Crippen LogP contribution >= 0.6 is 11.6 Å². The monoisotopic (exact) mass is 449 g/mol. The van der Waals surface area contributed by atoms with E-state index in [0.29, 0.717) is 17.4 Å². The van der Waals surface area contributed by atoms with Gasteiger partial charge in [-0.25, -0.2) is 4.79 Å². The molecule has 0 unspecified atom stereocenters. The summed E-state index contributed by atoms with van der Waals surface area (Å²) < 4.78 is 10.8. The van der Waals surface area contributed by atoms with Crippen LogP contribution < -0.4 is 10.1 Å². The molecule has 164 valence electrons. The van der Waals surface area contributed by atoms with Gasteiger partial charge in [-0.05, 0) is 59.5 Å². The number of aryl methyl sites for hydroxylation is 1. The second kappa shape index (κ2) is 11.7. The molecule has 0 aliphatic heterocycles. The Bertz CT molecular complexity index is 1080. The summed E-state index contributed by atoms with van der Waals surface area (Å²) in [5, 5.41) is 3.45. The second-order valence-corrected chi connectivity index (χ2v) is 7.42. The number of ether oxygens (including phenoxy) is 2. The molecule has 1 N–H and O–H groups in total. The molecule has 0 atom stereocenters. The molecule has 32 heavy (non-hydrogen) atoms. The lowest BCUT2D eigenvalue weighted by molar-refractivity contribution is -0.142. The van der Waals surface area contributed by atoms with E-state index in [-0.39, 0.29) is 12.5 Å². The summed E-state index contributed by atoms with van der Waals surface area (Å²) in [6, 6.07) is 22.3. The van der Waals surface area contributed by atoms with Crippen LogP contribution in [0.2, 0.25) is 5.02 Å². The number of amides is 1. The standard InChI is InChI=1S/C26H24ClNO4/c1-2-21-5-3-4-6-24(21)28-25(29)18-32-26(30)16-11-19-9-14-23(15-10-19)31-17-20-7-12-22(27)13-8-20/h3-16H,2,17-18H2,1H3,(H,28,29)/b16-11+. The van der Waals surface area contributed by atoms with Crippen molar-refractivity contribution in [3.05, 3.63) is 101 Å². The molecule has 0 heterocycles. The van der Waals surface area contributed by atoms with Crippen LogP contribution in [0.5, 0.6) is 5.75 Å². The highest BCUT2D eigenvalue weighted by molar-refractivity contribution is 6.30. The minimum absolute atomic E-state index is 0.349. The molecule has 0 saturated carbocycles. The average molecular weight is 450 g/mol. The fourth-order valence-corrected chi connectivity index (χ4v) is 3.03. The molecule has 3 rings (SSSR count). The normalized spacial score (nSPS) is 10.7. The number of anilines is 1. The fraction of sp³-hybridized carbons (Fsp3) is 0.154. The maximum absolute atomic E-state index is 12.0. The largest absolute Gasteiger partial charge is 0.489 e. The van der Waals surface area contributed by atoms with Gasteiger partial charge in [-0.3, -0.25) is 4.79 Å². The molecule has 0 aliphatic rings. The summed E-state index contributed by atoms with van der Waals surface area (Å²) in [6.07, 6.45) is 3.70. The van der Waals surface area contributed by atoms with Crippen LogP contribution in [0.1, 0.15) is 23.6 Å². The molecule has 0 spiro atoms. The number of carbonyl (C=O) groups excluding carboxylic acids is 2. The molecule has 0 aromatic heterocycles. The highest BCUT2D eigenvalue weighted by Crippen LogP contribution is 2.17. The molecule has 0 bridgehead atoms. The number of nitrogens with one attached hydrogen (secondary N) is 1. The maximum Gasteiger partial charge on any atom is 0.331 e. The zero-order chi connectivity index (χ0) is 22.8. The molecular formula is C26H24ClNO4. The molecular weight excluding hydrogens is 426 g/mol. The molecule has 3 aromatic rings. The first kappa shape index (κ1) is 23.1. The Balaban J connectivity index is 1.43. The van der Waals surface area contributed by atoms with Crippen LogP contribution in [0.4, 0.5) is 5.69 Å². The van der Waals surface area contributed by atoms with E-state index in [1.807, 2.05) is 79.7 Å². The van der Waals surface area contributed by atoms with E-state index in [1.54, 1.807) is 6.08 Å². The van der Waals surface area contributed by atoms with Crippen molar-refractivity contribution >= 4 is 35.2 Å².